The minimum absolute atomic E-state index is 0.00712. The highest BCUT2D eigenvalue weighted by Gasteiger charge is 2.61. The standard InChI is InChI=1S/C19H26O3/c1-6-21-15-9-7-14(8-10-15)12-22-18(20)17-16(11-13(2)3)19(17,4)5/h7-11,16-17H,6,12H2,1-5H3/t16-,17+/m1/s1. The molecule has 22 heavy (non-hydrogen) atoms. The Morgan fingerprint density at radius 1 is 1.23 bits per heavy atom. The normalized spacial score (nSPS) is 21.9. The molecule has 0 aliphatic heterocycles. The van der Waals surface area contributed by atoms with Gasteiger partial charge in [0.2, 0.25) is 0 Å². The highest BCUT2D eigenvalue weighted by atomic mass is 16.5. The smallest absolute Gasteiger partial charge is 0.310 e. The molecule has 0 bridgehead atoms. The van der Waals surface area contributed by atoms with E-state index in [1.807, 2.05) is 31.2 Å². The number of hydrogen-bond donors (Lipinski definition) is 0. The van der Waals surface area contributed by atoms with E-state index in [0.29, 0.717) is 19.1 Å². The Hall–Kier alpha value is -1.77. The summed E-state index contributed by atoms with van der Waals surface area (Å²) in [5.41, 5.74) is 2.24. The third-order valence-electron chi connectivity index (χ3n) is 4.29. The Balaban J connectivity index is 1.89. The molecule has 1 aliphatic rings. The van der Waals surface area contributed by atoms with Crippen LogP contribution in [-0.4, -0.2) is 12.6 Å². The van der Waals surface area contributed by atoms with Gasteiger partial charge in [0.15, 0.2) is 0 Å². The van der Waals surface area contributed by atoms with Crippen LogP contribution in [0.1, 0.15) is 40.2 Å². The number of ether oxygens (including phenoxy) is 2. The van der Waals surface area contributed by atoms with E-state index in [1.54, 1.807) is 0 Å². The number of benzene rings is 1. The van der Waals surface area contributed by atoms with Gasteiger partial charge >= 0.3 is 5.97 Å². The van der Waals surface area contributed by atoms with Gasteiger partial charge in [-0.2, -0.15) is 0 Å². The van der Waals surface area contributed by atoms with E-state index in [4.69, 9.17) is 9.47 Å². The van der Waals surface area contributed by atoms with Crippen molar-refractivity contribution in [3.8, 4) is 5.75 Å². The first-order chi connectivity index (χ1) is 10.4. The summed E-state index contributed by atoms with van der Waals surface area (Å²) in [6.07, 6.45) is 2.18. The molecule has 120 valence electrons. The third-order valence-corrected chi connectivity index (χ3v) is 4.29. The zero-order valence-electron chi connectivity index (χ0n) is 14.2. The van der Waals surface area contributed by atoms with Gasteiger partial charge in [0.1, 0.15) is 12.4 Å². The molecule has 1 aromatic rings. The second-order valence-electron chi connectivity index (χ2n) is 6.75. The van der Waals surface area contributed by atoms with E-state index >= 15 is 0 Å². The van der Waals surface area contributed by atoms with Gasteiger partial charge in [-0.1, -0.05) is 37.6 Å². The van der Waals surface area contributed by atoms with Crippen molar-refractivity contribution in [1.82, 2.24) is 0 Å². The SMILES string of the molecule is CCOc1ccc(COC(=O)[C@@H]2[C@@H](C=C(C)C)C2(C)C)cc1. The second-order valence-corrected chi connectivity index (χ2v) is 6.75. The van der Waals surface area contributed by atoms with Crippen LogP contribution >= 0.6 is 0 Å². The summed E-state index contributed by atoms with van der Waals surface area (Å²) in [5.74, 6) is 1.02. The average molecular weight is 302 g/mol. The highest BCUT2D eigenvalue weighted by Crippen LogP contribution is 2.59. The maximum absolute atomic E-state index is 12.3. The molecule has 1 fully saturated rings. The van der Waals surface area contributed by atoms with Crippen molar-refractivity contribution < 1.29 is 14.3 Å². The first-order valence-electron chi connectivity index (χ1n) is 7.89. The quantitative estimate of drug-likeness (QED) is 0.578. The van der Waals surface area contributed by atoms with Crippen LogP contribution < -0.4 is 4.74 Å². The van der Waals surface area contributed by atoms with E-state index < -0.39 is 0 Å². The number of esters is 1. The first kappa shape index (κ1) is 16.6. The molecule has 0 heterocycles. The van der Waals surface area contributed by atoms with Gasteiger partial charge < -0.3 is 9.47 Å². The first-order valence-corrected chi connectivity index (χ1v) is 7.89. The van der Waals surface area contributed by atoms with Crippen LogP contribution in [0, 0.1) is 17.3 Å². The van der Waals surface area contributed by atoms with Gasteiger partial charge in [-0.05, 0) is 49.8 Å². The van der Waals surface area contributed by atoms with Crippen LogP contribution in [0.4, 0.5) is 0 Å². The lowest BCUT2D eigenvalue weighted by Gasteiger charge is -2.07. The molecule has 0 N–H and O–H groups in total. The van der Waals surface area contributed by atoms with Crippen LogP contribution in [0.2, 0.25) is 0 Å². The van der Waals surface area contributed by atoms with Gasteiger partial charge in [0, 0.05) is 0 Å². The molecule has 0 spiro atoms. The van der Waals surface area contributed by atoms with Crippen molar-refractivity contribution in [2.75, 3.05) is 6.61 Å². The zero-order valence-corrected chi connectivity index (χ0v) is 14.2. The molecule has 2 rings (SSSR count). The van der Waals surface area contributed by atoms with Crippen LogP contribution in [0.25, 0.3) is 0 Å². The number of carbonyl (C=O) groups excluding carboxylic acids is 1. The van der Waals surface area contributed by atoms with Gasteiger partial charge in [0.25, 0.3) is 0 Å². The highest BCUT2D eigenvalue weighted by molar-refractivity contribution is 5.78. The van der Waals surface area contributed by atoms with Crippen molar-refractivity contribution in [2.45, 2.75) is 41.2 Å². The summed E-state index contributed by atoms with van der Waals surface area (Å²) >= 11 is 0. The number of carbonyl (C=O) groups is 1. The lowest BCUT2D eigenvalue weighted by Crippen LogP contribution is -2.10. The zero-order chi connectivity index (χ0) is 16.3. The lowest BCUT2D eigenvalue weighted by atomic mass is 10.1. The lowest BCUT2D eigenvalue weighted by molar-refractivity contribution is -0.147. The Kier molecular flexibility index (Phi) is 4.94. The van der Waals surface area contributed by atoms with Crippen LogP contribution in [0.3, 0.4) is 0 Å². The van der Waals surface area contributed by atoms with Crippen molar-refractivity contribution >= 4 is 5.97 Å². The van der Waals surface area contributed by atoms with Crippen molar-refractivity contribution in [2.24, 2.45) is 17.3 Å². The monoisotopic (exact) mass is 302 g/mol. The molecule has 1 aromatic carbocycles. The fourth-order valence-electron chi connectivity index (χ4n) is 2.89. The topological polar surface area (TPSA) is 35.5 Å². The number of hydrogen-bond acceptors (Lipinski definition) is 3. The number of rotatable bonds is 6. The van der Waals surface area contributed by atoms with E-state index in [0.717, 1.165) is 11.3 Å². The Labute approximate surface area is 133 Å². The minimum atomic E-state index is -0.0959. The molecule has 1 aliphatic carbocycles. The maximum Gasteiger partial charge on any atom is 0.310 e. The Morgan fingerprint density at radius 2 is 1.86 bits per heavy atom. The van der Waals surface area contributed by atoms with Gasteiger partial charge in [0.05, 0.1) is 12.5 Å². The average Bonchev–Trinajstić information content (AvgIpc) is 2.98. The predicted octanol–water partition coefficient (Wildman–Crippen LogP) is 4.37. The van der Waals surface area contributed by atoms with Crippen molar-refractivity contribution in [3.05, 3.63) is 41.5 Å². The van der Waals surface area contributed by atoms with Crippen molar-refractivity contribution in [3.63, 3.8) is 0 Å². The predicted molar refractivity (Wildman–Crippen MR) is 87.6 cm³/mol. The number of allylic oxidation sites excluding steroid dienone is 2. The van der Waals surface area contributed by atoms with E-state index in [2.05, 4.69) is 33.8 Å². The van der Waals surface area contributed by atoms with E-state index in [9.17, 15) is 4.79 Å². The van der Waals surface area contributed by atoms with Gasteiger partial charge in [-0.15, -0.1) is 0 Å². The molecule has 3 nitrogen and oxygen atoms in total. The van der Waals surface area contributed by atoms with Gasteiger partial charge in [-0.3, -0.25) is 4.79 Å². The molecule has 0 unspecified atom stereocenters. The van der Waals surface area contributed by atoms with Crippen LogP contribution in [0.15, 0.2) is 35.9 Å². The molecular formula is C19H26O3. The van der Waals surface area contributed by atoms with Crippen LogP contribution in [-0.2, 0) is 16.1 Å². The molecular weight excluding hydrogens is 276 g/mol. The molecule has 1 saturated carbocycles. The summed E-state index contributed by atoms with van der Waals surface area (Å²) in [4.78, 5) is 12.3. The van der Waals surface area contributed by atoms with Crippen LogP contribution in [0.5, 0.6) is 5.75 Å². The third kappa shape index (κ3) is 3.70. The Morgan fingerprint density at radius 3 is 2.41 bits per heavy atom. The largest absolute Gasteiger partial charge is 0.494 e. The molecule has 0 saturated heterocycles. The summed E-state index contributed by atoms with van der Waals surface area (Å²) < 4.78 is 10.9. The molecule has 0 aromatic heterocycles. The Bertz CT molecular complexity index is 551. The molecule has 2 atom stereocenters. The molecule has 3 heteroatoms. The van der Waals surface area contributed by atoms with E-state index in [-0.39, 0.29) is 17.3 Å². The second kappa shape index (κ2) is 6.55. The molecule has 0 amide bonds. The molecule has 0 radical (unpaired) electrons. The van der Waals surface area contributed by atoms with Gasteiger partial charge in [-0.25, -0.2) is 0 Å². The maximum atomic E-state index is 12.3. The summed E-state index contributed by atoms with van der Waals surface area (Å²) in [5, 5.41) is 0. The fraction of sp³-hybridized carbons (Fsp3) is 0.526. The fourth-order valence-corrected chi connectivity index (χ4v) is 2.89. The summed E-state index contributed by atoms with van der Waals surface area (Å²) in [6, 6.07) is 7.67. The summed E-state index contributed by atoms with van der Waals surface area (Å²) in [7, 11) is 0. The minimum Gasteiger partial charge on any atom is -0.494 e. The summed E-state index contributed by atoms with van der Waals surface area (Å²) in [6.45, 7) is 11.3. The van der Waals surface area contributed by atoms with E-state index in [1.165, 1.54) is 5.57 Å². The van der Waals surface area contributed by atoms with Crippen molar-refractivity contribution in [1.29, 1.82) is 0 Å².